The molecule has 2 N–H and O–H groups in total. The van der Waals surface area contributed by atoms with E-state index in [1.165, 1.54) is 19.3 Å². The van der Waals surface area contributed by atoms with E-state index in [2.05, 4.69) is 19.1 Å². The van der Waals surface area contributed by atoms with Crippen molar-refractivity contribution in [3.63, 3.8) is 0 Å². The van der Waals surface area contributed by atoms with Crippen LogP contribution in [-0.4, -0.2) is 22.9 Å². The predicted octanol–water partition coefficient (Wildman–Crippen LogP) is 5.36. The SMILES string of the molecule is CCCCC/C=C/CC(O)/C=C\c1ccc(/C=C\CCCCO)o1. The number of unbranched alkanes of at least 4 members (excludes halogenated alkanes) is 5. The van der Waals surface area contributed by atoms with E-state index in [1.807, 2.05) is 30.4 Å². The summed E-state index contributed by atoms with van der Waals surface area (Å²) in [6.07, 6.45) is 19.5. The molecule has 0 fully saturated rings. The first kappa shape index (κ1) is 20.5. The van der Waals surface area contributed by atoms with Gasteiger partial charge in [-0.3, -0.25) is 0 Å². The van der Waals surface area contributed by atoms with Crippen LogP contribution in [0.5, 0.6) is 0 Å². The van der Waals surface area contributed by atoms with Gasteiger partial charge in [0, 0.05) is 6.61 Å². The third-order valence-electron chi connectivity index (χ3n) is 3.71. The Hall–Kier alpha value is -1.58. The molecule has 0 saturated carbocycles. The standard InChI is InChI=1S/C21H32O3/c1-2-3-4-5-6-9-12-19(23)14-15-21-17-16-20(24-21)13-10-7-8-11-18-22/h6,9-10,13-17,19,22-23H,2-5,7-8,11-12,18H2,1H3/b9-6+,13-10-,15-14-. The molecule has 24 heavy (non-hydrogen) atoms. The van der Waals surface area contributed by atoms with Crippen LogP contribution in [0.25, 0.3) is 12.2 Å². The summed E-state index contributed by atoms with van der Waals surface area (Å²) in [7, 11) is 0. The van der Waals surface area contributed by atoms with Gasteiger partial charge in [-0.1, -0.05) is 44.1 Å². The van der Waals surface area contributed by atoms with E-state index in [0.29, 0.717) is 6.42 Å². The predicted molar refractivity (Wildman–Crippen MR) is 102 cm³/mol. The zero-order valence-electron chi connectivity index (χ0n) is 14.9. The second-order valence-electron chi connectivity index (χ2n) is 5.99. The summed E-state index contributed by atoms with van der Waals surface area (Å²) in [6, 6.07) is 3.82. The summed E-state index contributed by atoms with van der Waals surface area (Å²) in [5.74, 6) is 1.56. The maximum atomic E-state index is 9.93. The number of hydrogen-bond donors (Lipinski definition) is 2. The summed E-state index contributed by atoms with van der Waals surface area (Å²) in [6.45, 7) is 2.45. The van der Waals surface area contributed by atoms with Gasteiger partial charge in [-0.25, -0.2) is 0 Å². The second-order valence-corrected chi connectivity index (χ2v) is 5.99. The van der Waals surface area contributed by atoms with Crippen molar-refractivity contribution in [2.24, 2.45) is 0 Å². The minimum atomic E-state index is -0.477. The van der Waals surface area contributed by atoms with Crippen LogP contribution in [0.4, 0.5) is 0 Å². The Kier molecular flexibility index (Phi) is 11.8. The maximum absolute atomic E-state index is 9.93. The molecule has 134 valence electrons. The summed E-state index contributed by atoms with van der Waals surface area (Å²) in [4.78, 5) is 0. The van der Waals surface area contributed by atoms with Gasteiger partial charge < -0.3 is 14.6 Å². The minimum absolute atomic E-state index is 0.250. The first-order valence-corrected chi connectivity index (χ1v) is 9.14. The van der Waals surface area contributed by atoms with Crippen LogP contribution in [0.3, 0.4) is 0 Å². The average molecular weight is 332 g/mol. The molecule has 0 aliphatic rings. The van der Waals surface area contributed by atoms with Crippen LogP contribution in [0.1, 0.15) is 69.8 Å². The zero-order valence-corrected chi connectivity index (χ0v) is 14.9. The van der Waals surface area contributed by atoms with E-state index in [0.717, 1.165) is 37.2 Å². The van der Waals surface area contributed by atoms with E-state index in [-0.39, 0.29) is 6.61 Å². The van der Waals surface area contributed by atoms with Crippen LogP contribution in [0, 0.1) is 0 Å². The van der Waals surface area contributed by atoms with E-state index >= 15 is 0 Å². The van der Waals surface area contributed by atoms with Crippen molar-refractivity contribution in [2.75, 3.05) is 6.61 Å². The molecule has 0 radical (unpaired) electrons. The Morgan fingerprint density at radius 1 is 0.958 bits per heavy atom. The molecule has 1 unspecified atom stereocenters. The summed E-state index contributed by atoms with van der Waals surface area (Å²) in [5.41, 5.74) is 0. The molecule has 0 spiro atoms. The van der Waals surface area contributed by atoms with E-state index in [9.17, 15) is 5.11 Å². The van der Waals surface area contributed by atoms with Gasteiger partial charge in [-0.2, -0.15) is 0 Å². The number of allylic oxidation sites excluding steroid dienone is 2. The molecule has 1 heterocycles. The van der Waals surface area contributed by atoms with Gasteiger partial charge in [0.25, 0.3) is 0 Å². The Balaban J connectivity index is 2.28. The molecule has 0 bridgehead atoms. The van der Waals surface area contributed by atoms with Gasteiger partial charge in [0.2, 0.25) is 0 Å². The molecule has 0 amide bonds. The first-order chi connectivity index (χ1) is 11.8. The van der Waals surface area contributed by atoms with Crippen molar-refractivity contribution in [3.8, 4) is 0 Å². The first-order valence-electron chi connectivity index (χ1n) is 9.14. The van der Waals surface area contributed by atoms with Crippen LogP contribution >= 0.6 is 0 Å². The van der Waals surface area contributed by atoms with Crippen molar-refractivity contribution in [3.05, 3.63) is 48.0 Å². The molecule has 0 aliphatic heterocycles. The lowest BCUT2D eigenvalue weighted by atomic mass is 10.1. The van der Waals surface area contributed by atoms with Crippen molar-refractivity contribution >= 4 is 12.2 Å². The highest BCUT2D eigenvalue weighted by Gasteiger charge is 1.98. The molecular weight excluding hydrogens is 300 g/mol. The highest BCUT2D eigenvalue weighted by molar-refractivity contribution is 5.49. The van der Waals surface area contributed by atoms with E-state index in [1.54, 1.807) is 6.08 Å². The Bertz CT molecular complexity index is 497. The van der Waals surface area contributed by atoms with Gasteiger partial charge in [-0.05, 0) is 62.8 Å². The Morgan fingerprint density at radius 2 is 1.67 bits per heavy atom. The number of aliphatic hydroxyl groups is 2. The van der Waals surface area contributed by atoms with Gasteiger partial charge in [0.05, 0.1) is 6.10 Å². The molecular formula is C21H32O3. The fourth-order valence-corrected chi connectivity index (χ4v) is 2.27. The smallest absolute Gasteiger partial charge is 0.127 e. The van der Waals surface area contributed by atoms with Gasteiger partial charge in [0.15, 0.2) is 0 Å². The second kappa shape index (κ2) is 13.8. The summed E-state index contributed by atoms with van der Waals surface area (Å²) >= 11 is 0. The highest BCUT2D eigenvalue weighted by Crippen LogP contribution is 2.13. The van der Waals surface area contributed by atoms with E-state index < -0.39 is 6.10 Å². The maximum Gasteiger partial charge on any atom is 0.127 e. The molecule has 3 heteroatoms. The lowest BCUT2D eigenvalue weighted by Gasteiger charge is -2.00. The third kappa shape index (κ3) is 10.2. The van der Waals surface area contributed by atoms with E-state index in [4.69, 9.17) is 9.52 Å². The molecule has 0 aromatic carbocycles. The normalized spacial score (nSPS) is 13.6. The van der Waals surface area contributed by atoms with Crippen LogP contribution in [0.15, 0.2) is 40.9 Å². The number of hydrogen-bond acceptors (Lipinski definition) is 3. The molecule has 1 atom stereocenters. The van der Waals surface area contributed by atoms with Crippen molar-refractivity contribution in [2.45, 2.75) is 64.4 Å². The molecule has 1 aromatic rings. The molecule has 0 aliphatic carbocycles. The Labute approximate surface area is 146 Å². The lowest BCUT2D eigenvalue weighted by Crippen LogP contribution is -1.98. The highest BCUT2D eigenvalue weighted by atomic mass is 16.3. The molecule has 0 saturated heterocycles. The van der Waals surface area contributed by atoms with Crippen LogP contribution in [0.2, 0.25) is 0 Å². The van der Waals surface area contributed by atoms with Crippen molar-refractivity contribution in [1.82, 2.24) is 0 Å². The monoisotopic (exact) mass is 332 g/mol. The van der Waals surface area contributed by atoms with Crippen LogP contribution in [-0.2, 0) is 0 Å². The number of aliphatic hydroxyl groups excluding tert-OH is 2. The van der Waals surface area contributed by atoms with Crippen LogP contribution < -0.4 is 0 Å². The minimum Gasteiger partial charge on any atom is -0.457 e. The zero-order chi connectivity index (χ0) is 17.5. The summed E-state index contributed by atoms with van der Waals surface area (Å²) in [5, 5.41) is 18.6. The topological polar surface area (TPSA) is 53.6 Å². The fourth-order valence-electron chi connectivity index (χ4n) is 2.27. The molecule has 1 rings (SSSR count). The Morgan fingerprint density at radius 3 is 2.42 bits per heavy atom. The molecule has 3 nitrogen and oxygen atoms in total. The molecule has 1 aromatic heterocycles. The average Bonchev–Trinajstić information content (AvgIpc) is 3.04. The third-order valence-corrected chi connectivity index (χ3v) is 3.71. The fraction of sp³-hybridized carbons (Fsp3) is 0.524. The number of rotatable bonds is 13. The number of furan rings is 1. The lowest BCUT2D eigenvalue weighted by molar-refractivity contribution is 0.227. The van der Waals surface area contributed by atoms with Gasteiger partial charge in [0.1, 0.15) is 11.5 Å². The largest absolute Gasteiger partial charge is 0.457 e. The summed E-state index contributed by atoms with van der Waals surface area (Å²) < 4.78 is 5.66. The van der Waals surface area contributed by atoms with Gasteiger partial charge in [-0.15, -0.1) is 0 Å². The van der Waals surface area contributed by atoms with Crippen molar-refractivity contribution in [1.29, 1.82) is 0 Å². The van der Waals surface area contributed by atoms with Crippen molar-refractivity contribution < 1.29 is 14.6 Å². The van der Waals surface area contributed by atoms with Gasteiger partial charge >= 0.3 is 0 Å². The quantitative estimate of drug-likeness (QED) is 0.378.